The number of carbonyl (C=O) groups excluding carboxylic acids is 1. The van der Waals surface area contributed by atoms with Crippen LogP contribution in [-0.4, -0.2) is 56.7 Å². The van der Waals surface area contributed by atoms with Crippen molar-refractivity contribution in [2.75, 3.05) is 40.0 Å². The average molecular weight is 291 g/mol. The van der Waals surface area contributed by atoms with E-state index < -0.39 is 0 Å². The number of morpholine rings is 1. The summed E-state index contributed by atoms with van der Waals surface area (Å²) in [7, 11) is 1.72. The highest BCUT2D eigenvalue weighted by atomic mass is 16.5. The van der Waals surface area contributed by atoms with Crippen LogP contribution in [0.3, 0.4) is 0 Å². The van der Waals surface area contributed by atoms with Crippen molar-refractivity contribution < 1.29 is 14.3 Å². The Morgan fingerprint density at radius 3 is 3.00 bits per heavy atom. The van der Waals surface area contributed by atoms with Gasteiger partial charge in [-0.3, -0.25) is 9.69 Å². The summed E-state index contributed by atoms with van der Waals surface area (Å²) >= 11 is 0. The number of methoxy groups -OCH3 is 1. The molecule has 1 aliphatic rings. The summed E-state index contributed by atoms with van der Waals surface area (Å²) in [5.74, 6) is 0.214. The molecule has 0 bridgehead atoms. The van der Waals surface area contributed by atoms with Crippen LogP contribution in [0.1, 0.15) is 28.8 Å². The van der Waals surface area contributed by atoms with E-state index >= 15 is 0 Å². The van der Waals surface area contributed by atoms with Crippen molar-refractivity contribution in [3.8, 4) is 0 Å². The van der Waals surface area contributed by atoms with Gasteiger partial charge in [0.2, 0.25) is 0 Å². The molecule has 1 heterocycles. The normalized spacial score (nSPS) is 19.6. The zero-order chi connectivity index (χ0) is 15.1. The van der Waals surface area contributed by atoms with Gasteiger partial charge in [0.25, 0.3) is 0 Å². The summed E-state index contributed by atoms with van der Waals surface area (Å²) in [5.41, 5.74) is 1.89. The molecule has 0 aromatic heterocycles. The van der Waals surface area contributed by atoms with Gasteiger partial charge in [-0.2, -0.15) is 0 Å². The van der Waals surface area contributed by atoms with Gasteiger partial charge in [-0.15, -0.1) is 0 Å². The molecule has 1 aromatic rings. The Hall–Kier alpha value is -1.23. The number of rotatable bonds is 7. The van der Waals surface area contributed by atoms with Crippen molar-refractivity contribution in [2.24, 2.45) is 0 Å². The molecule has 0 N–H and O–H groups in total. The fraction of sp³-hybridized carbons (Fsp3) is 0.588. The average Bonchev–Trinajstić information content (AvgIpc) is 2.51. The third kappa shape index (κ3) is 4.92. The van der Waals surface area contributed by atoms with Gasteiger partial charge in [0.05, 0.1) is 19.3 Å². The quantitative estimate of drug-likeness (QED) is 0.723. The highest BCUT2D eigenvalue weighted by Crippen LogP contribution is 2.15. The van der Waals surface area contributed by atoms with Crippen molar-refractivity contribution in [3.05, 3.63) is 35.4 Å². The van der Waals surface area contributed by atoms with Crippen LogP contribution in [0.25, 0.3) is 0 Å². The van der Waals surface area contributed by atoms with Crippen molar-refractivity contribution in [1.29, 1.82) is 0 Å². The lowest BCUT2D eigenvalue weighted by atomic mass is 10.00. The molecule has 4 heteroatoms. The summed E-state index contributed by atoms with van der Waals surface area (Å²) < 4.78 is 10.9. The maximum atomic E-state index is 12.3. The van der Waals surface area contributed by atoms with Crippen LogP contribution < -0.4 is 0 Å². The Kier molecular flexibility index (Phi) is 6.36. The number of hydrogen-bond donors (Lipinski definition) is 0. The molecular formula is C17H25NO3. The Bertz CT molecular complexity index is 461. The van der Waals surface area contributed by atoms with E-state index in [0.29, 0.717) is 6.42 Å². The lowest BCUT2D eigenvalue weighted by Gasteiger charge is -2.32. The highest BCUT2D eigenvalue weighted by molar-refractivity contribution is 5.97. The van der Waals surface area contributed by atoms with E-state index in [-0.39, 0.29) is 11.9 Å². The van der Waals surface area contributed by atoms with E-state index in [2.05, 4.69) is 4.90 Å². The fourth-order valence-corrected chi connectivity index (χ4v) is 2.69. The zero-order valence-corrected chi connectivity index (χ0v) is 13.0. The van der Waals surface area contributed by atoms with Crippen molar-refractivity contribution in [3.63, 3.8) is 0 Å². The van der Waals surface area contributed by atoms with Crippen LogP contribution in [0.4, 0.5) is 0 Å². The Balaban J connectivity index is 1.80. The summed E-state index contributed by atoms with van der Waals surface area (Å²) in [4.78, 5) is 14.6. The minimum Gasteiger partial charge on any atom is -0.383 e. The number of hydrogen-bond acceptors (Lipinski definition) is 4. The summed E-state index contributed by atoms with van der Waals surface area (Å²) in [6.07, 6.45) is 1.49. The first kappa shape index (κ1) is 16.1. The van der Waals surface area contributed by atoms with E-state index in [1.807, 2.05) is 31.2 Å². The predicted molar refractivity (Wildman–Crippen MR) is 82.8 cm³/mol. The number of ether oxygens (including phenoxy) is 2. The van der Waals surface area contributed by atoms with E-state index in [9.17, 15) is 4.79 Å². The van der Waals surface area contributed by atoms with E-state index in [1.54, 1.807) is 7.11 Å². The zero-order valence-electron chi connectivity index (χ0n) is 13.0. The molecule has 2 rings (SSSR count). The second-order valence-corrected chi connectivity index (χ2v) is 5.56. The molecule has 1 aromatic carbocycles. The second kappa shape index (κ2) is 8.27. The van der Waals surface area contributed by atoms with Gasteiger partial charge in [-0.05, 0) is 18.9 Å². The minimum atomic E-state index is 0.156. The first-order valence-electron chi connectivity index (χ1n) is 7.62. The Morgan fingerprint density at radius 2 is 2.24 bits per heavy atom. The van der Waals surface area contributed by atoms with Gasteiger partial charge >= 0.3 is 0 Å². The van der Waals surface area contributed by atoms with Crippen LogP contribution in [-0.2, 0) is 9.47 Å². The van der Waals surface area contributed by atoms with Crippen molar-refractivity contribution in [1.82, 2.24) is 4.90 Å². The summed E-state index contributed by atoms with van der Waals surface area (Å²) in [5, 5.41) is 0. The summed E-state index contributed by atoms with van der Waals surface area (Å²) in [6.45, 7) is 6.25. The molecule has 4 nitrogen and oxygen atoms in total. The maximum Gasteiger partial charge on any atom is 0.163 e. The molecule has 0 radical (unpaired) electrons. The van der Waals surface area contributed by atoms with E-state index in [0.717, 1.165) is 50.4 Å². The van der Waals surface area contributed by atoms with E-state index in [1.165, 1.54) is 0 Å². The standard InChI is InChI=1S/C17H25NO3/c1-14-5-3-4-6-16(14)17(19)8-7-15-13-18(9-11-20-2)10-12-21-15/h3-6,15H,7-13H2,1-2H3. The van der Waals surface area contributed by atoms with Gasteiger partial charge in [-0.1, -0.05) is 24.3 Å². The van der Waals surface area contributed by atoms with Crippen LogP contribution in [0.2, 0.25) is 0 Å². The van der Waals surface area contributed by atoms with Crippen LogP contribution in [0.5, 0.6) is 0 Å². The molecular weight excluding hydrogens is 266 g/mol. The Morgan fingerprint density at radius 1 is 1.43 bits per heavy atom. The minimum absolute atomic E-state index is 0.156. The Labute approximate surface area is 127 Å². The van der Waals surface area contributed by atoms with E-state index in [4.69, 9.17) is 9.47 Å². The number of nitrogens with zero attached hydrogens (tertiary/aromatic N) is 1. The molecule has 1 atom stereocenters. The molecule has 21 heavy (non-hydrogen) atoms. The number of carbonyl (C=O) groups is 1. The topological polar surface area (TPSA) is 38.8 Å². The molecule has 116 valence electrons. The van der Waals surface area contributed by atoms with Gasteiger partial charge < -0.3 is 9.47 Å². The highest BCUT2D eigenvalue weighted by Gasteiger charge is 2.21. The van der Waals surface area contributed by atoms with Gasteiger partial charge in [0, 0.05) is 38.7 Å². The number of aryl methyl sites for hydroxylation is 1. The number of Topliss-reactive ketones (excluding diaryl/α,β-unsaturated/α-hetero) is 1. The van der Waals surface area contributed by atoms with Gasteiger partial charge in [-0.25, -0.2) is 0 Å². The third-order valence-electron chi connectivity index (χ3n) is 3.97. The largest absolute Gasteiger partial charge is 0.383 e. The molecule has 1 aliphatic heterocycles. The van der Waals surface area contributed by atoms with Gasteiger partial charge in [0.1, 0.15) is 0 Å². The smallest absolute Gasteiger partial charge is 0.163 e. The van der Waals surface area contributed by atoms with Crippen molar-refractivity contribution in [2.45, 2.75) is 25.9 Å². The van der Waals surface area contributed by atoms with Gasteiger partial charge in [0.15, 0.2) is 5.78 Å². The SMILES string of the molecule is COCCN1CCOC(CCC(=O)c2ccccc2C)C1. The van der Waals surface area contributed by atoms with Crippen LogP contribution >= 0.6 is 0 Å². The first-order chi connectivity index (χ1) is 10.2. The lowest BCUT2D eigenvalue weighted by molar-refractivity contribution is -0.0373. The molecule has 1 fully saturated rings. The monoisotopic (exact) mass is 291 g/mol. The van der Waals surface area contributed by atoms with Crippen molar-refractivity contribution >= 4 is 5.78 Å². The number of ketones is 1. The molecule has 1 unspecified atom stereocenters. The lowest BCUT2D eigenvalue weighted by Crippen LogP contribution is -2.43. The molecule has 0 aliphatic carbocycles. The maximum absolute atomic E-state index is 12.3. The summed E-state index contributed by atoms with van der Waals surface area (Å²) in [6, 6.07) is 7.77. The third-order valence-corrected chi connectivity index (χ3v) is 3.97. The molecule has 1 saturated heterocycles. The first-order valence-corrected chi connectivity index (χ1v) is 7.62. The fourth-order valence-electron chi connectivity index (χ4n) is 2.69. The molecule has 0 spiro atoms. The predicted octanol–water partition coefficient (Wildman–Crippen LogP) is 2.31. The second-order valence-electron chi connectivity index (χ2n) is 5.56. The molecule has 0 saturated carbocycles. The van der Waals surface area contributed by atoms with Crippen LogP contribution in [0, 0.1) is 6.92 Å². The number of benzene rings is 1. The van der Waals surface area contributed by atoms with Crippen LogP contribution in [0.15, 0.2) is 24.3 Å². The molecule has 0 amide bonds.